The zero-order chi connectivity index (χ0) is 7.98. The van der Waals surface area contributed by atoms with Crippen LogP contribution in [0.3, 0.4) is 0 Å². The number of hydrogen-bond donors (Lipinski definition) is 0. The summed E-state index contributed by atoms with van der Waals surface area (Å²) in [6.45, 7) is 4.03. The maximum Gasteiger partial charge on any atom is 0.311 e. The number of nitrogens with zero attached hydrogens (tertiary/aromatic N) is 1. The van der Waals surface area contributed by atoms with Gasteiger partial charge in [-0.25, -0.2) is 0 Å². The molecule has 0 aromatic rings. The highest BCUT2D eigenvalue weighted by molar-refractivity contribution is 5.97. The van der Waals surface area contributed by atoms with Crippen LogP contribution in [0.15, 0.2) is 4.99 Å². The fraction of sp³-hybridized carbons (Fsp3) is 0.714. The van der Waals surface area contributed by atoms with Gasteiger partial charge in [-0.05, 0) is 13.8 Å². The molecular weight excluding hydrogens is 130 g/mol. The third-order valence-electron chi connectivity index (χ3n) is 1.09. The van der Waals surface area contributed by atoms with E-state index in [1.807, 2.05) is 0 Å². The molecule has 58 valence electrons. The van der Waals surface area contributed by atoms with E-state index in [1.54, 1.807) is 20.9 Å². The van der Waals surface area contributed by atoms with E-state index in [4.69, 9.17) is 4.74 Å². The van der Waals surface area contributed by atoms with Gasteiger partial charge in [0, 0.05) is 12.8 Å². The smallest absolute Gasteiger partial charge is 0.311 e. The molecule has 0 aliphatic heterocycles. The van der Waals surface area contributed by atoms with E-state index in [0.717, 1.165) is 5.71 Å². The summed E-state index contributed by atoms with van der Waals surface area (Å²) in [5, 5.41) is 0. The Kier molecular flexibility index (Phi) is 4.54. The summed E-state index contributed by atoms with van der Waals surface area (Å²) < 4.78 is 4.69. The summed E-state index contributed by atoms with van der Waals surface area (Å²) >= 11 is 0. The largest absolute Gasteiger partial charge is 0.466 e. The molecule has 0 aromatic heterocycles. The van der Waals surface area contributed by atoms with Crippen LogP contribution >= 0.6 is 0 Å². The minimum Gasteiger partial charge on any atom is -0.466 e. The third kappa shape index (κ3) is 4.06. The molecule has 0 aliphatic carbocycles. The lowest BCUT2D eigenvalue weighted by molar-refractivity contribution is -0.141. The molecule has 0 aliphatic rings. The van der Waals surface area contributed by atoms with Crippen LogP contribution in [0.25, 0.3) is 0 Å². The number of esters is 1. The third-order valence-corrected chi connectivity index (χ3v) is 1.09. The highest BCUT2D eigenvalue weighted by Crippen LogP contribution is 1.89. The van der Waals surface area contributed by atoms with Crippen molar-refractivity contribution in [2.45, 2.75) is 20.3 Å². The van der Waals surface area contributed by atoms with E-state index in [2.05, 4.69) is 4.99 Å². The SMILES string of the molecule is CCOC(=O)C/C(C)=N/C. The molecule has 3 heteroatoms. The predicted octanol–water partition coefficient (Wildman–Crippen LogP) is 1.03. The topological polar surface area (TPSA) is 38.7 Å². The van der Waals surface area contributed by atoms with Gasteiger partial charge >= 0.3 is 5.97 Å². The molecule has 0 radical (unpaired) electrons. The number of carbonyl (C=O) groups is 1. The van der Waals surface area contributed by atoms with Gasteiger partial charge in [0.1, 0.15) is 0 Å². The first kappa shape index (κ1) is 9.14. The van der Waals surface area contributed by atoms with Gasteiger partial charge in [-0.2, -0.15) is 0 Å². The van der Waals surface area contributed by atoms with Crippen LogP contribution < -0.4 is 0 Å². The Hall–Kier alpha value is -0.860. The number of ether oxygens (including phenoxy) is 1. The fourth-order valence-corrected chi connectivity index (χ4v) is 0.500. The minimum atomic E-state index is -0.203. The Labute approximate surface area is 61.1 Å². The van der Waals surface area contributed by atoms with Crippen LogP contribution in [-0.4, -0.2) is 25.3 Å². The van der Waals surface area contributed by atoms with E-state index in [9.17, 15) is 4.79 Å². The van der Waals surface area contributed by atoms with Crippen molar-refractivity contribution in [3.63, 3.8) is 0 Å². The number of aliphatic imine (C=N–C) groups is 1. The van der Waals surface area contributed by atoms with Gasteiger partial charge in [0.25, 0.3) is 0 Å². The quantitative estimate of drug-likeness (QED) is 0.437. The lowest BCUT2D eigenvalue weighted by Gasteiger charge is -1.99. The fourth-order valence-electron chi connectivity index (χ4n) is 0.500. The van der Waals surface area contributed by atoms with Crippen molar-refractivity contribution in [3.8, 4) is 0 Å². The molecule has 0 saturated heterocycles. The van der Waals surface area contributed by atoms with Crippen molar-refractivity contribution in [1.82, 2.24) is 0 Å². The summed E-state index contributed by atoms with van der Waals surface area (Å²) in [4.78, 5) is 14.5. The van der Waals surface area contributed by atoms with Crippen molar-refractivity contribution in [2.75, 3.05) is 13.7 Å². The molecule has 0 unspecified atom stereocenters. The van der Waals surface area contributed by atoms with Crippen molar-refractivity contribution in [1.29, 1.82) is 0 Å². The molecule has 0 spiro atoms. The van der Waals surface area contributed by atoms with E-state index in [-0.39, 0.29) is 5.97 Å². The molecule has 0 bridgehead atoms. The molecule has 0 amide bonds. The molecule has 0 fully saturated rings. The van der Waals surface area contributed by atoms with Crippen molar-refractivity contribution in [3.05, 3.63) is 0 Å². The highest BCUT2D eigenvalue weighted by Gasteiger charge is 2.01. The molecule has 0 rings (SSSR count). The average Bonchev–Trinajstić information content (AvgIpc) is 1.88. The summed E-state index contributed by atoms with van der Waals surface area (Å²) in [7, 11) is 1.66. The Bertz CT molecular complexity index is 141. The number of rotatable bonds is 3. The summed E-state index contributed by atoms with van der Waals surface area (Å²) in [5.41, 5.74) is 0.804. The molecule has 0 N–H and O–H groups in total. The predicted molar refractivity (Wildman–Crippen MR) is 40.3 cm³/mol. The highest BCUT2D eigenvalue weighted by atomic mass is 16.5. The second kappa shape index (κ2) is 4.97. The summed E-state index contributed by atoms with van der Waals surface area (Å²) in [6.07, 6.45) is 0.310. The maximum absolute atomic E-state index is 10.7. The maximum atomic E-state index is 10.7. The molecule has 0 saturated carbocycles. The van der Waals surface area contributed by atoms with Crippen LogP contribution in [0.5, 0.6) is 0 Å². The Morgan fingerprint density at radius 1 is 1.60 bits per heavy atom. The normalized spacial score (nSPS) is 11.3. The second-order valence-electron chi connectivity index (χ2n) is 1.94. The van der Waals surface area contributed by atoms with E-state index >= 15 is 0 Å². The molecule has 0 atom stereocenters. The lowest BCUT2D eigenvalue weighted by atomic mass is 10.3. The molecule has 10 heavy (non-hydrogen) atoms. The Balaban J connectivity index is 3.58. The molecule has 0 aromatic carbocycles. The van der Waals surface area contributed by atoms with Gasteiger partial charge in [0.05, 0.1) is 13.0 Å². The first-order valence-corrected chi connectivity index (χ1v) is 3.28. The van der Waals surface area contributed by atoms with Gasteiger partial charge in [-0.1, -0.05) is 0 Å². The molecular formula is C7H13NO2. The zero-order valence-corrected chi connectivity index (χ0v) is 6.68. The molecule has 0 heterocycles. The van der Waals surface area contributed by atoms with Crippen molar-refractivity contribution >= 4 is 11.7 Å². The van der Waals surface area contributed by atoms with Crippen LogP contribution in [0.4, 0.5) is 0 Å². The van der Waals surface area contributed by atoms with Gasteiger partial charge in [-0.15, -0.1) is 0 Å². The van der Waals surface area contributed by atoms with Gasteiger partial charge < -0.3 is 4.74 Å². The van der Waals surface area contributed by atoms with E-state index < -0.39 is 0 Å². The van der Waals surface area contributed by atoms with Crippen molar-refractivity contribution in [2.24, 2.45) is 4.99 Å². The molecule has 3 nitrogen and oxygen atoms in total. The zero-order valence-electron chi connectivity index (χ0n) is 6.68. The standard InChI is InChI=1S/C7H13NO2/c1-4-10-7(9)5-6(2)8-3/h4-5H2,1-3H3/b8-6+. The lowest BCUT2D eigenvalue weighted by Crippen LogP contribution is -2.08. The monoisotopic (exact) mass is 143 g/mol. The second-order valence-corrected chi connectivity index (χ2v) is 1.94. The van der Waals surface area contributed by atoms with Gasteiger partial charge in [-0.3, -0.25) is 9.79 Å². The number of hydrogen-bond acceptors (Lipinski definition) is 3. The van der Waals surface area contributed by atoms with Crippen LogP contribution in [0.2, 0.25) is 0 Å². The van der Waals surface area contributed by atoms with Gasteiger partial charge in [0.2, 0.25) is 0 Å². The van der Waals surface area contributed by atoms with Gasteiger partial charge in [0.15, 0.2) is 0 Å². The van der Waals surface area contributed by atoms with Crippen LogP contribution in [0.1, 0.15) is 20.3 Å². The minimum absolute atomic E-state index is 0.203. The first-order chi connectivity index (χ1) is 4.70. The Morgan fingerprint density at radius 3 is 2.60 bits per heavy atom. The van der Waals surface area contributed by atoms with E-state index in [1.165, 1.54) is 0 Å². The average molecular weight is 143 g/mol. The Morgan fingerprint density at radius 2 is 2.20 bits per heavy atom. The van der Waals surface area contributed by atoms with Crippen LogP contribution in [0, 0.1) is 0 Å². The first-order valence-electron chi connectivity index (χ1n) is 3.28. The van der Waals surface area contributed by atoms with Crippen molar-refractivity contribution < 1.29 is 9.53 Å². The van der Waals surface area contributed by atoms with E-state index in [0.29, 0.717) is 13.0 Å². The number of carbonyl (C=O) groups excluding carboxylic acids is 1. The van der Waals surface area contributed by atoms with Crippen LogP contribution in [-0.2, 0) is 9.53 Å². The summed E-state index contributed by atoms with van der Waals surface area (Å²) in [5.74, 6) is -0.203. The summed E-state index contributed by atoms with van der Waals surface area (Å²) in [6, 6.07) is 0.